The second-order valence-corrected chi connectivity index (χ2v) is 2.84. The van der Waals surface area contributed by atoms with Crippen molar-refractivity contribution in [2.75, 3.05) is 6.67 Å². The molecule has 0 aliphatic rings. The summed E-state index contributed by atoms with van der Waals surface area (Å²) in [5, 5.41) is 17.8. The van der Waals surface area contributed by atoms with Gasteiger partial charge >= 0.3 is 5.97 Å². The van der Waals surface area contributed by atoms with Gasteiger partial charge in [0, 0.05) is 0 Å². The van der Waals surface area contributed by atoms with Gasteiger partial charge < -0.3 is 15.9 Å². The quantitative estimate of drug-likeness (QED) is 0.679. The fraction of sp³-hybridized carbons (Fsp3) is 0.222. The minimum atomic E-state index is -1.27. The Morgan fingerprint density at radius 3 is 2.71 bits per heavy atom. The number of hydrogen-bond donors (Lipinski definition) is 3. The van der Waals surface area contributed by atoms with Crippen molar-refractivity contribution in [3.8, 4) is 5.75 Å². The van der Waals surface area contributed by atoms with E-state index in [1.807, 2.05) is 0 Å². The number of hydrogen-bond acceptors (Lipinski definition) is 3. The van der Waals surface area contributed by atoms with E-state index >= 15 is 0 Å². The third-order valence-corrected chi connectivity index (χ3v) is 1.85. The van der Waals surface area contributed by atoms with Crippen molar-refractivity contribution in [2.24, 2.45) is 5.73 Å². The Morgan fingerprint density at radius 2 is 2.21 bits per heavy atom. The molecule has 0 heterocycles. The highest BCUT2D eigenvalue weighted by Gasteiger charge is 2.13. The Hall–Kier alpha value is -1.62. The van der Waals surface area contributed by atoms with Gasteiger partial charge in [0.2, 0.25) is 0 Å². The van der Waals surface area contributed by atoms with E-state index in [0.29, 0.717) is 5.56 Å². The molecule has 0 aliphatic carbocycles. The van der Waals surface area contributed by atoms with Crippen LogP contribution in [0.2, 0.25) is 0 Å². The van der Waals surface area contributed by atoms with Gasteiger partial charge in [0.15, 0.2) is 0 Å². The molecule has 76 valence electrons. The molecule has 0 aliphatic heterocycles. The standard InChI is InChI=1S/C9H10FNO3/c10-4-7(11)5-1-2-8(12)6(3-5)9(13)14/h1-3,7,12H,4,11H2,(H,13,14)/t7-/m1/s1. The third kappa shape index (κ3) is 2.00. The number of rotatable bonds is 3. The highest BCUT2D eigenvalue weighted by molar-refractivity contribution is 5.90. The molecule has 0 unspecified atom stereocenters. The molecule has 0 saturated carbocycles. The molecule has 0 bridgehead atoms. The van der Waals surface area contributed by atoms with Crippen molar-refractivity contribution < 1.29 is 19.4 Å². The van der Waals surface area contributed by atoms with Gasteiger partial charge in [-0.15, -0.1) is 0 Å². The smallest absolute Gasteiger partial charge is 0.339 e. The van der Waals surface area contributed by atoms with Crippen molar-refractivity contribution >= 4 is 5.97 Å². The summed E-state index contributed by atoms with van der Waals surface area (Å²) in [4.78, 5) is 10.6. The zero-order valence-electron chi connectivity index (χ0n) is 7.27. The van der Waals surface area contributed by atoms with Crippen LogP contribution in [0, 0.1) is 0 Å². The van der Waals surface area contributed by atoms with E-state index in [-0.39, 0.29) is 11.3 Å². The maximum absolute atomic E-state index is 12.2. The topological polar surface area (TPSA) is 83.5 Å². The SMILES string of the molecule is N[C@H](CF)c1ccc(O)c(C(=O)O)c1. The van der Waals surface area contributed by atoms with E-state index < -0.39 is 18.7 Å². The molecule has 0 amide bonds. The zero-order chi connectivity index (χ0) is 10.7. The van der Waals surface area contributed by atoms with E-state index in [2.05, 4.69) is 0 Å². The number of carbonyl (C=O) groups is 1. The van der Waals surface area contributed by atoms with Crippen LogP contribution in [0.5, 0.6) is 5.75 Å². The number of aromatic hydroxyl groups is 1. The van der Waals surface area contributed by atoms with Crippen LogP contribution in [0.3, 0.4) is 0 Å². The Balaban J connectivity index is 3.12. The Kier molecular flexibility index (Phi) is 3.03. The van der Waals surface area contributed by atoms with Crippen LogP contribution >= 0.6 is 0 Å². The predicted molar refractivity (Wildman–Crippen MR) is 48.0 cm³/mol. The zero-order valence-corrected chi connectivity index (χ0v) is 7.27. The van der Waals surface area contributed by atoms with Gasteiger partial charge in [-0.05, 0) is 17.7 Å². The maximum atomic E-state index is 12.2. The first-order chi connectivity index (χ1) is 6.56. The summed E-state index contributed by atoms with van der Waals surface area (Å²) >= 11 is 0. The first-order valence-electron chi connectivity index (χ1n) is 3.94. The number of halogens is 1. The van der Waals surface area contributed by atoms with Crippen LogP contribution < -0.4 is 5.73 Å². The van der Waals surface area contributed by atoms with Gasteiger partial charge in [-0.2, -0.15) is 0 Å². The van der Waals surface area contributed by atoms with Crippen molar-refractivity contribution in [2.45, 2.75) is 6.04 Å². The number of alkyl halides is 1. The summed E-state index contributed by atoms with van der Waals surface area (Å²) in [5.41, 5.74) is 5.44. The van der Waals surface area contributed by atoms with E-state index in [1.165, 1.54) is 18.2 Å². The lowest BCUT2D eigenvalue weighted by Gasteiger charge is -2.08. The summed E-state index contributed by atoms with van der Waals surface area (Å²) in [6.07, 6.45) is 0. The number of phenols is 1. The molecule has 1 rings (SSSR count). The van der Waals surface area contributed by atoms with Crippen molar-refractivity contribution in [3.63, 3.8) is 0 Å². The molecular formula is C9H10FNO3. The van der Waals surface area contributed by atoms with Crippen LogP contribution in [-0.2, 0) is 0 Å². The van der Waals surface area contributed by atoms with Gasteiger partial charge in [-0.3, -0.25) is 0 Å². The summed E-state index contributed by atoms with van der Waals surface area (Å²) < 4.78 is 12.2. The minimum Gasteiger partial charge on any atom is -0.507 e. The molecule has 1 aromatic rings. The van der Waals surface area contributed by atoms with Crippen LogP contribution in [-0.4, -0.2) is 22.9 Å². The van der Waals surface area contributed by atoms with Crippen molar-refractivity contribution in [1.29, 1.82) is 0 Å². The van der Waals surface area contributed by atoms with E-state index in [4.69, 9.17) is 15.9 Å². The molecule has 0 saturated heterocycles. The fourth-order valence-corrected chi connectivity index (χ4v) is 1.04. The molecule has 5 heteroatoms. The lowest BCUT2D eigenvalue weighted by Crippen LogP contribution is -2.13. The second kappa shape index (κ2) is 4.06. The average Bonchev–Trinajstić information content (AvgIpc) is 2.17. The Labute approximate surface area is 79.8 Å². The largest absolute Gasteiger partial charge is 0.507 e. The van der Waals surface area contributed by atoms with Crippen LogP contribution in [0.25, 0.3) is 0 Å². The number of nitrogens with two attached hydrogens (primary N) is 1. The predicted octanol–water partition coefficient (Wildman–Crippen LogP) is 1.06. The number of carboxylic acid groups (broad SMARTS) is 1. The Morgan fingerprint density at radius 1 is 1.57 bits per heavy atom. The third-order valence-electron chi connectivity index (χ3n) is 1.85. The van der Waals surface area contributed by atoms with Gasteiger partial charge in [0.1, 0.15) is 18.0 Å². The molecule has 14 heavy (non-hydrogen) atoms. The van der Waals surface area contributed by atoms with Crippen LogP contribution in [0.15, 0.2) is 18.2 Å². The normalized spacial score (nSPS) is 12.4. The molecule has 0 radical (unpaired) electrons. The molecule has 0 fully saturated rings. The van der Waals surface area contributed by atoms with E-state index in [9.17, 15) is 9.18 Å². The van der Waals surface area contributed by atoms with Crippen LogP contribution in [0.4, 0.5) is 4.39 Å². The Bertz CT molecular complexity index is 354. The molecular weight excluding hydrogens is 189 g/mol. The van der Waals surface area contributed by atoms with E-state index in [0.717, 1.165) is 0 Å². The minimum absolute atomic E-state index is 0.272. The number of aromatic carboxylic acids is 1. The van der Waals surface area contributed by atoms with Crippen molar-refractivity contribution in [3.05, 3.63) is 29.3 Å². The van der Waals surface area contributed by atoms with Gasteiger partial charge in [-0.1, -0.05) is 6.07 Å². The van der Waals surface area contributed by atoms with Gasteiger partial charge in [0.05, 0.1) is 6.04 Å². The monoisotopic (exact) mass is 199 g/mol. The average molecular weight is 199 g/mol. The molecule has 0 spiro atoms. The molecule has 1 atom stereocenters. The highest BCUT2D eigenvalue weighted by Crippen LogP contribution is 2.21. The summed E-state index contributed by atoms with van der Waals surface area (Å²) in [5.74, 6) is -1.62. The van der Waals surface area contributed by atoms with Gasteiger partial charge in [0.25, 0.3) is 0 Å². The molecule has 1 aromatic carbocycles. The lowest BCUT2D eigenvalue weighted by atomic mass is 10.0. The summed E-state index contributed by atoms with van der Waals surface area (Å²) in [6, 6.07) is 2.90. The first kappa shape index (κ1) is 10.5. The van der Waals surface area contributed by atoms with Gasteiger partial charge in [-0.25, -0.2) is 9.18 Å². The van der Waals surface area contributed by atoms with E-state index in [1.54, 1.807) is 0 Å². The molecule has 4 nitrogen and oxygen atoms in total. The molecule has 4 N–H and O–H groups in total. The number of benzene rings is 1. The highest BCUT2D eigenvalue weighted by atomic mass is 19.1. The second-order valence-electron chi connectivity index (χ2n) is 2.84. The summed E-state index contributed by atoms with van der Waals surface area (Å²) in [7, 11) is 0. The first-order valence-corrected chi connectivity index (χ1v) is 3.94. The van der Waals surface area contributed by atoms with Crippen molar-refractivity contribution in [1.82, 2.24) is 0 Å². The number of carboxylic acids is 1. The summed E-state index contributed by atoms with van der Waals surface area (Å²) in [6.45, 7) is -0.774. The van der Waals surface area contributed by atoms with Crippen LogP contribution in [0.1, 0.15) is 22.0 Å². The maximum Gasteiger partial charge on any atom is 0.339 e. The lowest BCUT2D eigenvalue weighted by molar-refractivity contribution is 0.0693. The molecule has 0 aromatic heterocycles. The fourth-order valence-electron chi connectivity index (χ4n) is 1.04.